The number of carbonyl (C=O) groups is 2. The van der Waals surface area contributed by atoms with Crippen molar-refractivity contribution in [1.82, 2.24) is 14.5 Å². The second-order valence-electron chi connectivity index (χ2n) is 5.10. The van der Waals surface area contributed by atoms with Crippen LogP contribution in [-0.4, -0.2) is 44.5 Å². The van der Waals surface area contributed by atoms with Crippen LogP contribution in [0.4, 0.5) is 0 Å². The molecule has 1 aromatic carbocycles. The molecule has 1 aliphatic heterocycles. The van der Waals surface area contributed by atoms with Gasteiger partial charge in [-0.2, -0.15) is 0 Å². The summed E-state index contributed by atoms with van der Waals surface area (Å²) < 4.78 is 1.82. The molecule has 3 rings (SSSR count). The lowest BCUT2D eigenvalue weighted by atomic mass is 10.1. The first-order valence-corrected chi connectivity index (χ1v) is 6.75. The number of benzene rings is 1. The molecule has 1 fully saturated rings. The van der Waals surface area contributed by atoms with E-state index in [0.717, 1.165) is 5.69 Å². The predicted octanol–water partition coefficient (Wildman–Crippen LogP) is 1.42. The molecule has 1 aliphatic rings. The fourth-order valence-corrected chi connectivity index (χ4v) is 2.54. The Balaban J connectivity index is 1.80. The van der Waals surface area contributed by atoms with Gasteiger partial charge in [0.1, 0.15) is 0 Å². The number of hydrogen-bond acceptors (Lipinski definition) is 3. The number of hydrogen-bond donors (Lipinski definition) is 1. The lowest BCUT2D eigenvalue weighted by Gasteiger charge is -2.16. The van der Waals surface area contributed by atoms with Crippen molar-refractivity contribution in [1.29, 1.82) is 0 Å². The Labute approximate surface area is 121 Å². The number of amides is 1. The summed E-state index contributed by atoms with van der Waals surface area (Å²) >= 11 is 0. The van der Waals surface area contributed by atoms with Gasteiger partial charge in [0.25, 0.3) is 5.91 Å². The molecule has 6 heteroatoms. The molecule has 1 aromatic heterocycles. The summed E-state index contributed by atoms with van der Waals surface area (Å²) in [6, 6.07) is 7.24. The summed E-state index contributed by atoms with van der Waals surface area (Å²) in [5.41, 5.74) is 1.42. The maximum atomic E-state index is 12.4. The van der Waals surface area contributed by atoms with Gasteiger partial charge in [0.15, 0.2) is 0 Å². The van der Waals surface area contributed by atoms with Crippen LogP contribution in [0.15, 0.2) is 43.0 Å². The van der Waals surface area contributed by atoms with E-state index >= 15 is 0 Å². The van der Waals surface area contributed by atoms with Gasteiger partial charge >= 0.3 is 5.97 Å². The van der Waals surface area contributed by atoms with Crippen molar-refractivity contribution < 1.29 is 14.7 Å². The molecule has 2 heterocycles. The van der Waals surface area contributed by atoms with Crippen LogP contribution in [0.25, 0.3) is 5.69 Å². The van der Waals surface area contributed by atoms with Crippen LogP contribution >= 0.6 is 0 Å². The smallest absolute Gasteiger partial charge is 0.308 e. The number of carbonyl (C=O) groups excluding carboxylic acids is 1. The summed E-state index contributed by atoms with van der Waals surface area (Å²) in [4.78, 5) is 29.0. The Morgan fingerprint density at radius 3 is 2.86 bits per heavy atom. The zero-order valence-corrected chi connectivity index (χ0v) is 11.3. The van der Waals surface area contributed by atoms with Gasteiger partial charge in [-0.05, 0) is 24.6 Å². The van der Waals surface area contributed by atoms with Gasteiger partial charge in [-0.1, -0.05) is 6.07 Å². The third-order valence-corrected chi connectivity index (χ3v) is 3.72. The Morgan fingerprint density at radius 1 is 1.33 bits per heavy atom. The molecule has 0 bridgehead atoms. The molecule has 1 saturated heterocycles. The standard InChI is InChI=1S/C15H15N3O3/c19-14(17-6-4-12(9-17)15(20)21)11-2-1-3-13(8-11)18-7-5-16-10-18/h1-3,5,7-8,10,12H,4,6,9H2,(H,20,21). The summed E-state index contributed by atoms with van der Waals surface area (Å²) in [6.45, 7) is 0.772. The first-order chi connectivity index (χ1) is 10.1. The first-order valence-electron chi connectivity index (χ1n) is 6.75. The zero-order chi connectivity index (χ0) is 14.8. The minimum absolute atomic E-state index is 0.124. The maximum absolute atomic E-state index is 12.4. The molecule has 0 spiro atoms. The van der Waals surface area contributed by atoms with E-state index in [-0.39, 0.29) is 12.5 Å². The average molecular weight is 285 g/mol. The molecule has 0 radical (unpaired) electrons. The van der Waals surface area contributed by atoms with Crippen LogP contribution < -0.4 is 0 Å². The van der Waals surface area contributed by atoms with Crippen molar-refractivity contribution >= 4 is 11.9 Å². The number of aliphatic carboxylic acids is 1. The molecular weight excluding hydrogens is 270 g/mol. The number of nitrogens with zero attached hydrogens (tertiary/aromatic N) is 3. The number of carboxylic acids is 1. The minimum atomic E-state index is -0.836. The highest BCUT2D eigenvalue weighted by Gasteiger charge is 2.31. The van der Waals surface area contributed by atoms with Crippen LogP contribution in [0.2, 0.25) is 0 Å². The predicted molar refractivity (Wildman–Crippen MR) is 75.2 cm³/mol. The fourth-order valence-electron chi connectivity index (χ4n) is 2.54. The highest BCUT2D eigenvalue weighted by atomic mass is 16.4. The van der Waals surface area contributed by atoms with E-state index in [1.165, 1.54) is 0 Å². The van der Waals surface area contributed by atoms with Gasteiger partial charge in [0.2, 0.25) is 0 Å². The Morgan fingerprint density at radius 2 is 2.19 bits per heavy atom. The lowest BCUT2D eigenvalue weighted by molar-refractivity contribution is -0.141. The van der Waals surface area contributed by atoms with Gasteiger partial charge in [-0.3, -0.25) is 9.59 Å². The number of likely N-dealkylation sites (tertiary alicyclic amines) is 1. The molecule has 1 N–H and O–H groups in total. The topological polar surface area (TPSA) is 75.4 Å². The van der Waals surface area contributed by atoms with E-state index in [4.69, 9.17) is 5.11 Å². The number of aromatic nitrogens is 2. The highest BCUT2D eigenvalue weighted by molar-refractivity contribution is 5.95. The Hall–Kier alpha value is -2.63. The van der Waals surface area contributed by atoms with Gasteiger partial charge in [0, 0.05) is 36.7 Å². The van der Waals surface area contributed by atoms with E-state index < -0.39 is 11.9 Å². The molecule has 1 unspecified atom stereocenters. The van der Waals surface area contributed by atoms with Crippen LogP contribution in [0.1, 0.15) is 16.8 Å². The van der Waals surface area contributed by atoms with E-state index in [0.29, 0.717) is 18.5 Å². The molecular formula is C15H15N3O3. The highest BCUT2D eigenvalue weighted by Crippen LogP contribution is 2.20. The first kappa shape index (κ1) is 13.4. The number of carboxylic acid groups (broad SMARTS) is 1. The molecule has 0 saturated carbocycles. The third kappa shape index (κ3) is 2.65. The molecule has 1 atom stereocenters. The molecule has 0 aliphatic carbocycles. The molecule has 21 heavy (non-hydrogen) atoms. The van der Waals surface area contributed by atoms with Crippen LogP contribution in [-0.2, 0) is 4.79 Å². The largest absolute Gasteiger partial charge is 0.481 e. The van der Waals surface area contributed by atoms with Gasteiger partial charge in [-0.15, -0.1) is 0 Å². The SMILES string of the molecule is O=C(O)C1CCN(C(=O)c2cccc(-n3ccnc3)c2)C1. The quantitative estimate of drug-likeness (QED) is 0.925. The van der Waals surface area contributed by atoms with Crippen molar-refractivity contribution in [3.8, 4) is 5.69 Å². The lowest BCUT2D eigenvalue weighted by Crippen LogP contribution is -2.30. The summed E-state index contributed by atoms with van der Waals surface area (Å²) in [7, 11) is 0. The Bertz CT molecular complexity index is 667. The summed E-state index contributed by atoms with van der Waals surface area (Å²) in [5.74, 6) is -1.41. The molecule has 2 aromatic rings. The Kier molecular flexibility index (Phi) is 3.43. The number of rotatable bonds is 3. The molecule has 108 valence electrons. The fraction of sp³-hybridized carbons (Fsp3) is 0.267. The van der Waals surface area contributed by atoms with Crippen molar-refractivity contribution in [2.45, 2.75) is 6.42 Å². The monoisotopic (exact) mass is 285 g/mol. The minimum Gasteiger partial charge on any atom is -0.481 e. The van der Waals surface area contributed by atoms with E-state index in [1.807, 2.05) is 16.7 Å². The van der Waals surface area contributed by atoms with E-state index in [2.05, 4.69) is 4.98 Å². The molecule has 1 amide bonds. The normalized spacial score (nSPS) is 17.9. The van der Waals surface area contributed by atoms with E-state index in [1.54, 1.807) is 35.8 Å². The van der Waals surface area contributed by atoms with Crippen molar-refractivity contribution in [2.75, 3.05) is 13.1 Å². The van der Waals surface area contributed by atoms with Gasteiger partial charge in [-0.25, -0.2) is 4.98 Å². The van der Waals surface area contributed by atoms with Gasteiger partial charge in [0.05, 0.1) is 12.2 Å². The third-order valence-electron chi connectivity index (χ3n) is 3.72. The van der Waals surface area contributed by atoms with Crippen molar-refractivity contribution in [3.05, 3.63) is 48.5 Å². The van der Waals surface area contributed by atoms with Crippen molar-refractivity contribution in [3.63, 3.8) is 0 Å². The molecule has 6 nitrogen and oxygen atoms in total. The van der Waals surface area contributed by atoms with Crippen LogP contribution in [0.5, 0.6) is 0 Å². The zero-order valence-electron chi connectivity index (χ0n) is 11.3. The second kappa shape index (κ2) is 5.40. The average Bonchev–Trinajstić information content (AvgIpc) is 3.18. The summed E-state index contributed by atoms with van der Waals surface area (Å²) in [5, 5.41) is 9.00. The van der Waals surface area contributed by atoms with Crippen molar-refractivity contribution in [2.24, 2.45) is 5.92 Å². The summed E-state index contributed by atoms with van der Waals surface area (Å²) in [6.07, 6.45) is 5.66. The van der Waals surface area contributed by atoms with E-state index in [9.17, 15) is 9.59 Å². The van der Waals surface area contributed by atoms with Crippen LogP contribution in [0.3, 0.4) is 0 Å². The maximum Gasteiger partial charge on any atom is 0.308 e. The van der Waals surface area contributed by atoms with Gasteiger partial charge < -0.3 is 14.6 Å². The second-order valence-corrected chi connectivity index (χ2v) is 5.10. The number of imidazole rings is 1. The van der Waals surface area contributed by atoms with Crippen LogP contribution in [0, 0.1) is 5.92 Å².